The molecule has 0 spiro atoms. The van der Waals surface area contributed by atoms with E-state index < -0.39 is 6.29 Å². The van der Waals surface area contributed by atoms with Gasteiger partial charge in [-0.15, -0.1) is 0 Å². The first-order chi connectivity index (χ1) is 6.22. The van der Waals surface area contributed by atoms with Crippen molar-refractivity contribution in [2.24, 2.45) is 0 Å². The third-order valence-electron chi connectivity index (χ3n) is 2.11. The van der Waals surface area contributed by atoms with Crippen LogP contribution in [0.1, 0.15) is 27.8 Å². The average Bonchev–Trinajstić information content (AvgIpc) is 2.43. The lowest BCUT2D eigenvalue weighted by molar-refractivity contribution is -0.0815. The minimum atomic E-state index is -0.525. The molecule has 0 saturated heterocycles. The Morgan fingerprint density at radius 1 is 1.46 bits per heavy atom. The number of rotatable bonds is 1. The number of carbonyl (C=O) groups excluding carboxylic acids is 1. The SMILES string of the molecule is COC1OC(=O)c2cc(C)ccc21. The van der Waals surface area contributed by atoms with Gasteiger partial charge in [-0.2, -0.15) is 0 Å². The predicted molar refractivity (Wildman–Crippen MR) is 46.3 cm³/mol. The first kappa shape index (κ1) is 8.26. The molecule has 0 amide bonds. The highest BCUT2D eigenvalue weighted by Gasteiger charge is 2.30. The van der Waals surface area contributed by atoms with E-state index in [1.807, 2.05) is 25.1 Å². The quantitative estimate of drug-likeness (QED) is 0.615. The summed E-state index contributed by atoms with van der Waals surface area (Å²) in [5, 5.41) is 0. The van der Waals surface area contributed by atoms with Crippen LogP contribution >= 0.6 is 0 Å². The van der Waals surface area contributed by atoms with E-state index in [9.17, 15) is 4.79 Å². The predicted octanol–water partition coefficient (Wildman–Crippen LogP) is 1.81. The summed E-state index contributed by atoms with van der Waals surface area (Å²) in [6, 6.07) is 5.62. The van der Waals surface area contributed by atoms with E-state index in [-0.39, 0.29) is 5.97 Å². The fraction of sp³-hybridized carbons (Fsp3) is 0.300. The Kier molecular flexibility index (Phi) is 1.81. The number of benzene rings is 1. The normalized spacial score (nSPS) is 19.8. The zero-order valence-corrected chi connectivity index (χ0v) is 7.53. The second kappa shape index (κ2) is 2.85. The van der Waals surface area contributed by atoms with Crippen molar-refractivity contribution in [2.45, 2.75) is 13.2 Å². The molecule has 0 fully saturated rings. The van der Waals surface area contributed by atoms with Gasteiger partial charge in [-0.3, -0.25) is 0 Å². The zero-order chi connectivity index (χ0) is 9.42. The molecule has 3 heteroatoms. The average molecular weight is 178 g/mol. The van der Waals surface area contributed by atoms with Crippen molar-refractivity contribution >= 4 is 5.97 Å². The smallest absolute Gasteiger partial charge is 0.341 e. The van der Waals surface area contributed by atoms with Crippen LogP contribution in [0, 0.1) is 6.92 Å². The van der Waals surface area contributed by atoms with Gasteiger partial charge in [0, 0.05) is 12.7 Å². The highest BCUT2D eigenvalue weighted by atomic mass is 16.7. The first-order valence-electron chi connectivity index (χ1n) is 4.06. The second-order valence-electron chi connectivity index (χ2n) is 3.06. The molecule has 1 heterocycles. The van der Waals surface area contributed by atoms with Crippen molar-refractivity contribution in [3.8, 4) is 0 Å². The molecular formula is C10H10O3. The van der Waals surface area contributed by atoms with Gasteiger partial charge in [0.2, 0.25) is 6.29 Å². The number of esters is 1. The van der Waals surface area contributed by atoms with Gasteiger partial charge >= 0.3 is 5.97 Å². The lowest BCUT2D eigenvalue weighted by Gasteiger charge is -2.06. The Morgan fingerprint density at radius 2 is 2.23 bits per heavy atom. The molecule has 0 N–H and O–H groups in total. The molecule has 0 aromatic heterocycles. The number of hydrogen-bond donors (Lipinski definition) is 0. The molecule has 1 aromatic rings. The molecule has 1 unspecified atom stereocenters. The number of cyclic esters (lactones) is 1. The van der Waals surface area contributed by atoms with Crippen molar-refractivity contribution in [3.05, 3.63) is 34.9 Å². The van der Waals surface area contributed by atoms with Crippen LogP contribution in [0.2, 0.25) is 0 Å². The van der Waals surface area contributed by atoms with Crippen LogP contribution in [0.25, 0.3) is 0 Å². The van der Waals surface area contributed by atoms with Gasteiger partial charge in [-0.05, 0) is 13.0 Å². The number of fused-ring (bicyclic) bond motifs is 1. The standard InChI is InChI=1S/C10H10O3/c1-6-3-4-7-8(5-6)9(11)13-10(7)12-2/h3-5,10H,1-2H3. The summed E-state index contributed by atoms with van der Waals surface area (Å²) in [5.41, 5.74) is 2.48. The topological polar surface area (TPSA) is 35.5 Å². The molecule has 2 rings (SSSR count). The van der Waals surface area contributed by atoms with Gasteiger partial charge in [-0.1, -0.05) is 17.7 Å². The lowest BCUT2D eigenvalue weighted by atomic mass is 10.1. The van der Waals surface area contributed by atoms with Crippen molar-refractivity contribution in [3.63, 3.8) is 0 Å². The molecular weight excluding hydrogens is 168 g/mol. The summed E-state index contributed by atoms with van der Waals surface area (Å²) >= 11 is 0. The number of methoxy groups -OCH3 is 1. The highest BCUT2D eigenvalue weighted by Crippen LogP contribution is 2.31. The van der Waals surface area contributed by atoms with E-state index in [0.717, 1.165) is 11.1 Å². The summed E-state index contributed by atoms with van der Waals surface area (Å²) in [6.07, 6.45) is -0.525. The fourth-order valence-corrected chi connectivity index (χ4v) is 1.45. The molecule has 0 saturated carbocycles. The van der Waals surface area contributed by atoms with Crippen molar-refractivity contribution in [2.75, 3.05) is 7.11 Å². The van der Waals surface area contributed by atoms with Crippen molar-refractivity contribution < 1.29 is 14.3 Å². The van der Waals surface area contributed by atoms with Crippen LogP contribution in [0.4, 0.5) is 0 Å². The molecule has 3 nitrogen and oxygen atoms in total. The van der Waals surface area contributed by atoms with Crippen molar-refractivity contribution in [1.29, 1.82) is 0 Å². The molecule has 1 atom stereocenters. The summed E-state index contributed by atoms with van der Waals surface area (Å²) < 4.78 is 9.98. The number of hydrogen-bond acceptors (Lipinski definition) is 3. The van der Waals surface area contributed by atoms with Crippen LogP contribution in [0.3, 0.4) is 0 Å². The van der Waals surface area contributed by atoms with Crippen LogP contribution in [-0.4, -0.2) is 13.1 Å². The van der Waals surface area contributed by atoms with E-state index in [1.54, 1.807) is 0 Å². The summed E-state index contributed by atoms with van der Waals surface area (Å²) in [5.74, 6) is -0.300. The van der Waals surface area contributed by atoms with Crippen LogP contribution in [0.5, 0.6) is 0 Å². The van der Waals surface area contributed by atoms with Crippen molar-refractivity contribution in [1.82, 2.24) is 0 Å². The van der Waals surface area contributed by atoms with E-state index in [4.69, 9.17) is 9.47 Å². The lowest BCUT2D eigenvalue weighted by Crippen LogP contribution is -1.99. The minimum absolute atomic E-state index is 0.300. The molecule has 0 aliphatic carbocycles. The molecule has 1 aromatic carbocycles. The number of carbonyl (C=O) groups is 1. The van der Waals surface area contributed by atoms with E-state index in [1.165, 1.54) is 7.11 Å². The van der Waals surface area contributed by atoms with E-state index in [2.05, 4.69) is 0 Å². The molecule has 68 valence electrons. The third kappa shape index (κ3) is 1.21. The van der Waals surface area contributed by atoms with E-state index >= 15 is 0 Å². The molecule has 13 heavy (non-hydrogen) atoms. The van der Waals surface area contributed by atoms with Gasteiger partial charge in [-0.25, -0.2) is 4.79 Å². The Labute approximate surface area is 76.3 Å². The molecule has 1 aliphatic heterocycles. The van der Waals surface area contributed by atoms with E-state index in [0.29, 0.717) is 5.56 Å². The summed E-state index contributed by atoms with van der Waals surface area (Å²) in [4.78, 5) is 11.3. The van der Waals surface area contributed by atoms with Gasteiger partial charge in [0.15, 0.2) is 0 Å². The molecule has 1 aliphatic rings. The monoisotopic (exact) mass is 178 g/mol. The highest BCUT2D eigenvalue weighted by molar-refractivity contribution is 5.94. The van der Waals surface area contributed by atoms with Gasteiger partial charge < -0.3 is 9.47 Å². The number of ether oxygens (including phenoxy) is 2. The molecule has 0 radical (unpaired) electrons. The Balaban J connectivity index is 2.52. The largest absolute Gasteiger partial charge is 0.428 e. The van der Waals surface area contributed by atoms with Crippen LogP contribution < -0.4 is 0 Å². The van der Waals surface area contributed by atoms with Crippen LogP contribution in [0.15, 0.2) is 18.2 Å². The maximum absolute atomic E-state index is 11.3. The Hall–Kier alpha value is -1.35. The maximum atomic E-state index is 11.3. The first-order valence-corrected chi connectivity index (χ1v) is 4.06. The Bertz CT molecular complexity index is 357. The number of aryl methyl sites for hydroxylation is 1. The third-order valence-corrected chi connectivity index (χ3v) is 2.11. The van der Waals surface area contributed by atoms with Gasteiger partial charge in [0.25, 0.3) is 0 Å². The fourth-order valence-electron chi connectivity index (χ4n) is 1.45. The minimum Gasteiger partial charge on any atom is -0.428 e. The molecule has 0 bridgehead atoms. The van der Waals surface area contributed by atoms with Crippen LogP contribution in [-0.2, 0) is 9.47 Å². The van der Waals surface area contributed by atoms with Gasteiger partial charge in [0.1, 0.15) is 0 Å². The van der Waals surface area contributed by atoms with Gasteiger partial charge in [0.05, 0.1) is 5.56 Å². The second-order valence-corrected chi connectivity index (χ2v) is 3.06. The summed E-state index contributed by atoms with van der Waals surface area (Å²) in [7, 11) is 1.52. The Morgan fingerprint density at radius 3 is 2.92 bits per heavy atom. The maximum Gasteiger partial charge on any atom is 0.341 e. The summed E-state index contributed by atoms with van der Waals surface area (Å²) in [6.45, 7) is 1.94. The zero-order valence-electron chi connectivity index (χ0n) is 7.53.